The predicted molar refractivity (Wildman–Crippen MR) is 75.0 cm³/mol. The Balaban J connectivity index is 1.65. The van der Waals surface area contributed by atoms with Gasteiger partial charge in [0, 0.05) is 18.6 Å². The van der Waals surface area contributed by atoms with Crippen molar-refractivity contribution in [2.24, 2.45) is 0 Å². The summed E-state index contributed by atoms with van der Waals surface area (Å²) in [5.41, 5.74) is 0. The van der Waals surface area contributed by atoms with E-state index in [1.54, 1.807) is 0 Å². The summed E-state index contributed by atoms with van der Waals surface area (Å²) in [4.78, 5) is 14.1. The smallest absolute Gasteiger partial charge is 0.315 e. The third-order valence-electron chi connectivity index (χ3n) is 4.42. The Kier molecular flexibility index (Phi) is 5.05. The second-order valence-electron chi connectivity index (χ2n) is 6.06. The summed E-state index contributed by atoms with van der Waals surface area (Å²) in [5.74, 6) is 0. The highest BCUT2D eigenvalue weighted by Crippen LogP contribution is 2.26. The first-order valence-electron chi connectivity index (χ1n) is 7.52. The molecule has 0 bridgehead atoms. The summed E-state index contributed by atoms with van der Waals surface area (Å²) in [6.45, 7) is 2.79. The van der Waals surface area contributed by atoms with Gasteiger partial charge in [-0.2, -0.15) is 0 Å². The van der Waals surface area contributed by atoms with Gasteiger partial charge in [-0.05, 0) is 39.7 Å². The fourth-order valence-corrected chi connectivity index (χ4v) is 2.73. The molecule has 3 N–H and O–H groups in total. The van der Waals surface area contributed by atoms with Crippen LogP contribution in [-0.4, -0.2) is 53.9 Å². The van der Waals surface area contributed by atoms with E-state index in [0.29, 0.717) is 18.6 Å². The zero-order valence-electron chi connectivity index (χ0n) is 12.1. The molecule has 2 saturated carbocycles. The lowest BCUT2D eigenvalue weighted by atomic mass is 9.93. The molecule has 2 amide bonds. The Morgan fingerprint density at radius 3 is 2.63 bits per heavy atom. The van der Waals surface area contributed by atoms with Crippen molar-refractivity contribution >= 4 is 6.03 Å². The molecule has 5 nitrogen and oxygen atoms in total. The summed E-state index contributed by atoms with van der Waals surface area (Å²) in [5, 5.41) is 15.6. The van der Waals surface area contributed by atoms with Crippen LogP contribution < -0.4 is 10.6 Å². The van der Waals surface area contributed by atoms with Crippen LogP contribution in [-0.2, 0) is 0 Å². The first-order valence-corrected chi connectivity index (χ1v) is 7.52. The molecule has 3 unspecified atom stereocenters. The van der Waals surface area contributed by atoms with Crippen LogP contribution in [0.1, 0.15) is 45.4 Å². The maximum absolute atomic E-state index is 11.8. The number of hydrogen-bond acceptors (Lipinski definition) is 3. The lowest BCUT2D eigenvalue weighted by Gasteiger charge is -2.29. The van der Waals surface area contributed by atoms with Gasteiger partial charge in [-0.25, -0.2) is 4.79 Å². The van der Waals surface area contributed by atoms with Gasteiger partial charge < -0.3 is 15.7 Å². The standard InChI is InChI=1S/C14H27N3O2/c1-10(17(2)11-7-8-11)9-15-14(19)16-12-5-3-4-6-13(12)18/h10-13,18H,3-9H2,1-2H3,(H2,15,16,19). The second-order valence-corrected chi connectivity index (χ2v) is 6.06. The average Bonchev–Trinajstić information content (AvgIpc) is 3.22. The molecule has 2 aliphatic rings. The molecule has 3 atom stereocenters. The summed E-state index contributed by atoms with van der Waals surface area (Å²) < 4.78 is 0. The predicted octanol–water partition coefficient (Wildman–Crippen LogP) is 1.07. The van der Waals surface area contributed by atoms with Crippen molar-refractivity contribution < 1.29 is 9.90 Å². The quantitative estimate of drug-likeness (QED) is 0.699. The van der Waals surface area contributed by atoms with Crippen molar-refractivity contribution in [3.8, 4) is 0 Å². The van der Waals surface area contributed by atoms with Gasteiger partial charge >= 0.3 is 6.03 Å². The number of likely N-dealkylation sites (N-methyl/N-ethyl adjacent to an activating group) is 1. The summed E-state index contributed by atoms with van der Waals surface area (Å²) in [7, 11) is 2.12. The van der Waals surface area contributed by atoms with E-state index in [0.717, 1.165) is 25.7 Å². The number of aliphatic hydroxyl groups is 1. The van der Waals surface area contributed by atoms with E-state index in [9.17, 15) is 9.90 Å². The number of aliphatic hydroxyl groups excluding tert-OH is 1. The van der Waals surface area contributed by atoms with E-state index in [1.165, 1.54) is 12.8 Å². The van der Waals surface area contributed by atoms with Crippen molar-refractivity contribution in [2.75, 3.05) is 13.6 Å². The molecule has 2 aliphatic carbocycles. The molecule has 0 radical (unpaired) electrons. The summed E-state index contributed by atoms with van der Waals surface area (Å²) >= 11 is 0. The molecular formula is C14H27N3O2. The van der Waals surface area contributed by atoms with Gasteiger partial charge in [-0.3, -0.25) is 4.90 Å². The molecule has 0 aliphatic heterocycles. The Labute approximate surface area is 115 Å². The van der Waals surface area contributed by atoms with E-state index >= 15 is 0 Å². The fraction of sp³-hybridized carbons (Fsp3) is 0.929. The highest BCUT2D eigenvalue weighted by atomic mass is 16.3. The highest BCUT2D eigenvalue weighted by Gasteiger charge is 2.29. The number of nitrogens with one attached hydrogen (secondary N) is 2. The van der Waals surface area contributed by atoms with Crippen molar-refractivity contribution in [1.82, 2.24) is 15.5 Å². The molecule has 0 aromatic carbocycles. The number of urea groups is 1. The molecule has 0 heterocycles. The second kappa shape index (κ2) is 6.57. The molecule has 19 heavy (non-hydrogen) atoms. The molecule has 0 aromatic heterocycles. The fourth-order valence-electron chi connectivity index (χ4n) is 2.73. The van der Waals surface area contributed by atoms with Gasteiger partial charge in [0.25, 0.3) is 0 Å². The molecular weight excluding hydrogens is 242 g/mol. The zero-order valence-corrected chi connectivity index (χ0v) is 12.1. The van der Waals surface area contributed by atoms with Crippen molar-refractivity contribution in [3.05, 3.63) is 0 Å². The van der Waals surface area contributed by atoms with Gasteiger partial charge in [0.1, 0.15) is 0 Å². The first kappa shape index (κ1) is 14.6. The van der Waals surface area contributed by atoms with Crippen LogP contribution in [0.25, 0.3) is 0 Å². The van der Waals surface area contributed by atoms with E-state index < -0.39 is 0 Å². The van der Waals surface area contributed by atoms with Gasteiger partial charge in [-0.15, -0.1) is 0 Å². The Bertz CT molecular complexity index is 307. The number of amides is 2. The Hall–Kier alpha value is -0.810. The number of rotatable bonds is 5. The van der Waals surface area contributed by atoms with Crippen LogP contribution >= 0.6 is 0 Å². The molecule has 0 saturated heterocycles. The molecule has 2 rings (SSSR count). The minimum Gasteiger partial charge on any atom is -0.391 e. The monoisotopic (exact) mass is 269 g/mol. The van der Waals surface area contributed by atoms with E-state index in [-0.39, 0.29) is 18.2 Å². The van der Waals surface area contributed by atoms with Gasteiger partial charge in [0.2, 0.25) is 0 Å². The van der Waals surface area contributed by atoms with Gasteiger partial charge in [0.05, 0.1) is 12.1 Å². The minimum absolute atomic E-state index is 0.0785. The third-order valence-corrected chi connectivity index (χ3v) is 4.42. The SMILES string of the molecule is CC(CNC(=O)NC1CCCCC1O)N(C)C1CC1. The normalized spacial score (nSPS) is 29.1. The lowest BCUT2D eigenvalue weighted by molar-refractivity contribution is 0.0941. The van der Waals surface area contributed by atoms with Crippen LogP contribution in [0.15, 0.2) is 0 Å². The van der Waals surface area contributed by atoms with Crippen LogP contribution in [0.3, 0.4) is 0 Å². The topological polar surface area (TPSA) is 64.6 Å². The zero-order chi connectivity index (χ0) is 13.8. The third kappa shape index (κ3) is 4.35. The number of carbonyl (C=O) groups is 1. The largest absolute Gasteiger partial charge is 0.391 e. The molecule has 0 spiro atoms. The van der Waals surface area contributed by atoms with E-state index in [2.05, 4.69) is 29.5 Å². The van der Waals surface area contributed by atoms with Crippen LogP contribution in [0.4, 0.5) is 4.79 Å². The molecule has 2 fully saturated rings. The van der Waals surface area contributed by atoms with Crippen molar-refractivity contribution in [1.29, 1.82) is 0 Å². The average molecular weight is 269 g/mol. The Morgan fingerprint density at radius 2 is 2.00 bits per heavy atom. The van der Waals surface area contributed by atoms with Crippen LogP contribution in [0.5, 0.6) is 0 Å². The maximum atomic E-state index is 11.8. The van der Waals surface area contributed by atoms with E-state index in [1.807, 2.05) is 0 Å². The van der Waals surface area contributed by atoms with Crippen molar-refractivity contribution in [3.63, 3.8) is 0 Å². The van der Waals surface area contributed by atoms with Crippen LogP contribution in [0.2, 0.25) is 0 Å². The van der Waals surface area contributed by atoms with Gasteiger partial charge in [0.15, 0.2) is 0 Å². The first-order chi connectivity index (χ1) is 9.08. The van der Waals surface area contributed by atoms with Crippen molar-refractivity contribution in [2.45, 2.75) is 69.7 Å². The highest BCUT2D eigenvalue weighted by molar-refractivity contribution is 5.74. The summed E-state index contributed by atoms with van der Waals surface area (Å²) in [6, 6.07) is 0.835. The molecule has 0 aromatic rings. The summed E-state index contributed by atoms with van der Waals surface area (Å²) in [6.07, 6.45) is 6.00. The van der Waals surface area contributed by atoms with Crippen LogP contribution in [0, 0.1) is 0 Å². The molecule has 5 heteroatoms. The van der Waals surface area contributed by atoms with E-state index in [4.69, 9.17) is 0 Å². The Morgan fingerprint density at radius 1 is 1.32 bits per heavy atom. The molecule has 110 valence electrons. The number of nitrogens with zero attached hydrogens (tertiary/aromatic N) is 1. The maximum Gasteiger partial charge on any atom is 0.315 e. The lowest BCUT2D eigenvalue weighted by Crippen LogP contribution is -2.51. The number of hydrogen-bond donors (Lipinski definition) is 3. The number of carbonyl (C=O) groups excluding carboxylic acids is 1. The van der Waals surface area contributed by atoms with Gasteiger partial charge in [-0.1, -0.05) is 12.8 Å². The minimum atomic E-state index is -0.383.